The van der Waals surface area contributed by atoms with Crippen molar-refractivity contribution in [2.75, 3.05) is 15.8 Å². The Bertz CT molecular complexity index is 562. The van der Waals surface area contributed by atoms with Crippen molar-refractivity contribution in [3.63, 3.8) is 0 Å². The largest absolute Gasteiger partial charge is 0.300 e. The van der Waals surface area contributed by atoms with E-state index in [1.807, 2.05) is 12.1 Å². The van der Waals surface area contributed by atoms with Gasteiger partial charge in [0.25, 0.3) is 10.2 Å². The Hall–Kier alpha value is -0.670. The van der Waals surface area contributed by atoms with Crippen LogP contribution in [0.25, 0.3) is 0 Å². The van der Waals surface area contributed by atoms with Gasteiger partial charge < -0.3 is 0 Å². The number of thioether (sulfide) groups is 1. The first kappa shape index (κ1) is 14.7. The van der Waals surface area contributed by atoms with E-state index in [1.54, 1.807) is 30.0 Å². The second kappa shape index (κ2) is 6.19. The highest BCUT2D eigenvalue weighted by atomic mass is 32.2. The molecule has 0 fully saturated rings. The van der Waals surface area contributed by atoms with E-state index in [2.05, 4.69) is 11.3 Å². The molecule has 0 amide bonds. The molecule has 2 rings (SSSR count). The first-order valence-electron chi connectivity index (χ1n) is 5.56. The molecule has 1 atom stereocenters. The predicted octanol–water partition coefficient (Wildman–Crippen LogP) is 1.55. The van der Waals surface area contributed by atoms with Gasteiger partial charge in [-0.1, -0.05) is 18.2 Å². The summed E-state index contributed by atoms with van der Waals surface area (Å²) >= 11 is 3.02. The number of nitrogens with one attached hydrogen (secondary N) is 1. The van der Waals surface area contributed by atoms with Crippen LogP contribution in [0, 0.1) is 0 Å². The summed E-state index contributed by atoms with van der Waals surface area (Å²) in [7, 11) is -3.81. The van der Waals surface area contributed by atoms with Gasteiger partial charge in [-0.25, -0.2) is 14.2 Å². The SMILES string of the molecule is C=CCSCC1NSc2ccccc2N1S(N)(=O)=O. The van der Waals surface area contributed by atoms with E-state index < -0.39 is 10.2 Å². The summed E-state index contributed by atoms with van der Waals surface area (Å²) in [6.45, 7) is 3.64. The molecule has 3 N–H and O–H groups in total. The molecule has 1 aliphatic heterocycles. The van der Waals surface area contributed by atoms with Crippen molar-refractivity contribution in [3.05, 3.63) is 36.9 Å². The van der Waals surface area contributed by atoms with Crippen molar-refractivity contribution in [2.45, 2.75) is 11.1 Å². The van der Waals surface area contributed by atoms with Crippen LogP contribution in [-0.4, -0.2) is 26.1 Å². The van der Waals surface area contributed by atoms with Crippen LogP contribution in [0.2, 0.25) is 0 Å². The first-order chi connectivity index (χ1) is 9.04. The fourth-order valence-corrected chi connectivity index (χ4v) is 4.62. The number of nitrogens with two attached hydrogens (primary N) is 1. The summed E-state index contributed by atoms with van der Waals surface area (Å²) in [6, 6.07) is 7.29. The van der Waals surface area contributed by atoms with Crippen LogP contribution in [0.1, 0.15) is 0 Å². The van der Waals surface area contributed by atoms with E-state index in [0.29, 0.717) is 11.4 Å². The summed E-state index contributed by atoms with van der Waals surface area (Å²) in [5, 5.41) is 5.34. The summed E-state index contributed by atoms with van der Waals surface area (Å²) in [4.78, 5) is 0.849. The summed E-state index contributed by atoms with van der Waals surface area (Å²) < 4.78 is 28.0. The predicted molar refractivity (Wildman–Crippen MR) is 82.3 cm³/mol. The third kappa shape index (κ3) is 3.46. The van der Waals surface area contributed by atoms with Crippen molar-refractivity contribution < 1.29 is 8.42 Å². The van der Waals surface area contributed by atoms with Gasteiger partial charge in [-0.15, -0.1) is 6.58 Å². The van der Waals surface area contributed by atoms with E-state index in [-0.39, 0.29) is 6.17 Å². The van der Waals surface area contributed by atoms with Gasteiger partial charge in [0.05, 0.1) is 5.69 Å². The Morgan fingerprint density at radius 2 is 2.26 bits per heavy atom. The lowest BCUT2D eigenvalue weighted by Gasteiger charge is -2.36. The van der Waals surface area contributed by atoms with Gasteiger partial charge in [0.15, 0.2) is 0 Å². The number of hydrogen-bond donors (Lipinski definition) is 2. The number of anilines is 1. The van der Waals surface area contributed by atoms with Gasteiger partial charge in [0.1, 0.15) is 6.17 Å². The van der Waals surface area contributed by atoms with Crippen LogP contribution in [0.15, 0.2) is 41.8 Å². The maximum absolute atomic E-state index is 11.8. The highest BCUT2D eigenvalue weighted by Gasteiger charge is 2.32. The van der Waals surface area contributed by atoms with Gasteiger partial charge in [-0.05, 0) is 24.1 Å². The van der Waals surface area contributed by atoms with Crippen molar-refractivity contribution in [2.24, 2.45) is 5.14 Å². The Kier molecular flexibility index (Phi) is 4.80. The molecule has 0 saturated heterocycles. The van der Waals surface area contributed by atoms with E-state index in [1.165, 1.54) is 16.3 Å². The normalized spacial score (nSPS) is 19.0. The summed E-state index contributed by atoms with van der Waals surface area (Å²) in [5.74, 6) is 1.37. The molecule has 0 bridgehead atoms. The number of benzene rings is 1. The third-order valence-electron chi connectivity index (χ3n) is 2.48. The van der Waals surface area contributed by atoms with Gasteiger partial charge in [0.2, 0.25) is 0 Å². The highest BCUT2D eigenvalue weighted by Crippen LogP contribution is 2.36. The standard InChI is InChI=1S/C11H15N3O2S3/c1-2-7-17-8-11-13-18-10-6-4-3-5-9(10)14(11)19(12,15)16/h2-6,11,13H,1,7-8H2,(H2,12,15,16). The lowest BCUT2D eigenvalue weighted by Crippen LogP contribution is -2.53. The molecule has 1 aromatic rings. The Morgan fingerprint density at radius 1 is 1.53 bits per heavy atom. The van der Waals surface area contributed by atoms with Crippen molar-refractivity contribution >= 4 is 39.6 Å². The number of hydrogen-bond acceptors (Lipinski definition) is 5. The molecule has 1 unspecified atom stereocenters. The van der Waals surface area contributed by atoms with Crippen LogP contribution in [0.5, 0.6) is 0 Å². The maximum Gasteiger partial charge on any atom is 0.300 e. The van der Waals surface area contributed by atoms with E-state index in [4.69, 9.17) is 5.14 Å². The Morgan fingerprint density at radius 3 is 2.95 bits per heavy atom. The number of rotatable bonds is 5. The zero-order valence-corrected chi connectivity index (χ0v) is 12.6. The molecule has 0 aliphatic carbocycles. The van der Waals surface area contributed by atoms with Gasteiger partial charge in [-0.2, -0.15) is 20.2 Å². The monoisotopic (exact) mass is 317 g/mol. The number of para-hydroxylation sites is 1. The number of nitrogens with zero attached hydrogens (tertiary/aromatic N) is 1. The molecule has 0 radical (unpaired) electrons. The topological polar surface area (TPSA) is 75.4 Å². The summed E-state index contributed by atoms with van der Waals surface area (Å²) in [6.07, 6.45) is 1.43. The number of fused-ring (bicyclic) bond motifs is 1. The maximum atomic E-state index is 11.8. The molecule has 19 heavy (non-hydrogen) atoms. The average molecular weight is 317 g/mol. The molecule has 0 aromatic heterocycles. The van der Waals surface area contributed by atoms with Crippen molar-refractivity contribution in [3.8, 4) is 0 Å². The Balaban J connectivity index is 2.30. The second-order valence-electron chi connectivity index (χ2n) is 3.87. The quantitative estimate of drug-likeness (QED) is 0.490. The van der Waals surface area contributed by atoms with E-state index >= 15 is 0 Å². The highest BCUT2D eigenvalue weighted by molar-refractivity contribution is 8.00. The fourth-order valence-electron chi connectivity index (χ4n) is 1.75. The average Bonchev–Trinajstić information content (AvgIpc) is 2.37. The molecule has 1 heterocycles. The van der Waals surface area contributed by atoms with Crippen LogP contribution in [-0.2, 0) is 10.2 Å². The smallest absolute Gasteiger partial charge is 0.238 e. The van der Waals surface area contributed by atoms with E-state index in [0.717, 1.165) is 10.6 Å². The van der Waals surface area contributed by atoms with Crippen LogP contribution < -0.4 is 14.2 Å². The lowest BCUT2D eigenvalue weighted by molar-refractivity contribution is 0.578. The summed E-state index contributed by atoms with van der Waals surface area (Å²) in [5.41, 5.74) is 0.623. The lowest BCUT2D eigenvalue weighted by atomic mass is 10.3. The van der Waals surface area contributed by atoms with Crippen LogP contribution in [0.3, 0.4) is 0 Å². The molecular weight excluding hydrogens is 302 g/mol. The molecule has 1 aliphatic rings. The first-order valence-corrected chi connectivity index (χ1v) is 9.03. The molecule has 5 nitrogen and oxygen atoms in total. The van der Waals surface area contributed by atoms with E-state index in [9.17, 15) is 8.42 Å². The molecule has 8 heteroatoms. The van der Waals surface area contributed by atoms with Crippen molar-refractivity contribution in [1.29, 1.82) is 0 Å². The third-order valence-corrected chi connectivity index (χ3v) is 5.45. The van der Waals surface area contributed by atoms with Crippen LogP contribution in [0.4, 0.5) is 5.69 Å². The minimum Gasteiger partial charge on any atom is -0.238 e. The zero-order valence-electron chi connectivity index (χ0n) is 10.2. The van der Waals surface area contributed by atoms with Gasteiger partial charge in [-0.3, -0.25) is 0 Å². The Labute approximate surface area is 121 Å². The minimum atomic E-state index is -3.81. The van der Waals surface area contributed by atoms with Crippen LogP contribution >= 0.6 is 23.7 Å². The van der Waals surface area contributed by atoms with Gasteiger partial charge in [0, 0.05) is 16.4 Å². The molecule has 0 spiro atoms. The molecule has 104 valence electrons. The van der Waals surface area contributed by atoms with Gasteiger partial charge >= 0.3 is 0 Å². The zero-order chi connectivity index (χ0) is 13.9. The second-order valence-corrected chi connectivity index (χ2v) is 7.25. The minimum absolute atomic E-state index is 0.361. The molecular formula is C11H15N3O2S3. The van der Waals surface area contributed by atoms with Crippen molar-refractivity contribution in [1.82, 2.24) is 4.72 Å². The fraction of sp³-hybridized carbons (Fsp3) is 0.273. The molecule has 1 aromatic carbocycles. The molecule has 0 saturated carbocycles.